The first kappa shape index (κ1) is 14.2. The van der Waals surface area contributed by atoms with Crippen molar-refractivity contribution < 1.29 is 19.5 Å². The fourth-order valence-electron chi connectivity index (χ4n) is 2.37. The number of carboxylic acid groups (broad SMARTS) is 1. The topological polar surface area (TPSA) is 74.7 Å². The fraction of sp³-hybridized carbons (Fsp3) is 0.400. The first-order valence-electron chi connectivity index (χ1n) is 6.65. The van der Waals surface area contributed by atoms with E-state index >= 15 is 0 Å². The Bertz CT molecular complexity index is 535. The average Bonchev–Trinajstić information content (AvgIpc) is 2.83. The number of nitrogens with zero attached hydrogens (tertiary/aromatic N) is 1. The van der Waals surface area contributed by atoms with Gasteiger partial charge in [-0.25, -0.2) is 0 Å². The van der Waals surface area contributed by atoms with E-state index in [9.17, 15) is 14.4 Å². The zero-order valence-corrected chi connectivity index (χ0v) is 11.3. The van der Waals surface area contributed by atoms with Crippen LogP contribution in [0.25, 0.3) is 0 Å². The maximum Gasteiger partial charge on any atom is 0.304 e. The van der Waals surface area contributed by atoms with Gasteiger partial charge >= 0.3 is 5.97 Å². The maximum atomic E-state index is 12.0. The van der Waals surface area contributed by atoms with Crippen molar-refractivity contribution >= 4 is 23.3 Å². The van der Waals surface area contributed by atoms with Crippen LogP contribution in [0.15, 0.2) is 24.3 Å². The van der Waals surface area contributed by atoms with Gasteiger partial charge in [-0.1, -0.05) is 6.92 Å². The van der Waals surface area contributed by atoms with Crippen molar-refractivity contribution in [3.05, 3.63) is 29.8 Å². The number of amides is 1. The molecule has 0 spiro atoms. The van der Waals surface area contributed by atoms with E-state index < -0.39 is 11.9 Å². The number of aliphatic carboxylic acids is 1. The van der Waals surface area contributed by atoms with Crippen molar-refractivity contribution in [2.75, 3.05) is 11.4 Å². The highest BCUT2D eigenvalue weighted by Crippen LogP contribution is 2.22. The predicted molar refractivity (Wildman–Crippen MR) is 73.8 cm³/mol. The summed E-state index contributed by atoms with van der Waals surface area (Å²) in [5.74, 6) is -1.62. The van der Waals surface area contributed by atoms with Crippen LogP contribution in [-0.4, -0.2) is 29.3 Å². The Hall–Kier alpha value is -2.17. The van der Waals surface area contributed by atoms with E-state index in [1.54, 1.807) is 36.1 Å². The highest BCUT2D eigenvalue weighted by Gasteiger charge is 2.22. The molecular weight excluding hydrogens is 258 g/mol. The van der Waals surface area contributed by atoms with Gasteiger partial charge in [0.2, 0.25) is 5.91 Å². The maximum absolute atomic E-state index is 12.0. The van der Waals surface area contributed by atoms with Crippen molar-refractivity contribution in [3.8, 4) is 0 Å². The normalized spacial score (nSPS) is 16.2. The van der Waals surface area contributed by atoms with Crippen LogP contribution in [0.1, 0.15) is 36.5 Å². The molecule has 0 saturated carbocycles. The van der Waals surface area contributed by atoms with Crippen LogP contribution in [0.5, 0.6) is 0 Å². The molecule has 5 nitrogen and oxygen atoms in total. The minimum Gasteiger partial charge on any atom is -0.481 e. The molecule has 1 unspecified atom stereocenters. The van der Waals surface area contributed by atoms with Gasteiger partial charge in [0.25, 0.3) is 0 Å². The quantitative estimate of drug-likeness (QED) is 0.835. The molecule has 0 bridgehead atoms. The van der Waals surface area contributed by atoms with Gasteiger partial charge in [0.05, 0.1) is 6.42 Å². The lowest BCUT2D eigenvalue weighted by Crippen LogP contribution is -2.23. The van der Waals surface area contributed by atoms with E-state index in [-0.39, 0.29) is 18.1 Å². The number of Topliss-reactive ketones (excluding diaryl/α,β-unsaturated/α-hetero) is 1. The van der Waals surface area contributed by atoms with Gasteiger partial charge in [0.15, 0.2) is 5.78 Å². The fourth-order valence-corrected chi connectivity index (χ4v) is 2.37. The van der Waals surface area contributed by atoms with E-state index in [0.29, 0.717) is 18.5 Å². The van der Waals surface area contributed by atoms with Gasteiger partial charge in [0, 0.05) is 30.1 Å². The van der Waals surface area contributed by atoms with Crippen molar-refractivity contribution in [1.82, 2.24) is 0 Å². The lowest BCUT2D eigenvalue weighted by atomic mass is 9.96. The van der Waals surface area contributed by atoms with Crippen LogP contribution in [-0.2, 0) is 9.59 Å². The molecule has 1 atom stereocenters. The summed E-state index contributed by atoms with van der Waals surface area (Å²) in [6.07, 6.45) is 1.25. The molecule has 0 radical (unpaired) electrons. The molecule has 5 heteroatoms. The van der Waals surface area contributed by atoms with Gasteiger partial charge in [-0.3, -0.25) is 14.4 Å². The molecule has 2 rings (SSSR count). The number of anilines is 1. The molecule has 1 fully saturated rings. The Balaban J connectivity index is 2.09. The van der Waals surface area contributed by atoms with Gasteiger partial charge in [-0.15, -0.1) is 0 Å². The summed E-state index contributed by atoms with van der Waals surface area (Å²) in [4.78, 5) is 36.0. The summed E-state index contributed by atoms with van der Waals surface area (Å²) in [6, 6.07) is 6.79. The number of benzene rings is 1. The molecule has 0 aromatic heterocycles. The Labute approximate surface area is 117 Å². The van der Waals surface area contributed by atoms with Crippen LogP contribution in [0, 0.1) is 5.92 Å². The number of hydrogen-bond acceptors (Lipinski definition) is 3. The van der Waals surface area contributed by atoms with Gasteiger partial charge < -0.3 is 10.0 Å². The largest absolute Gasteiger partial charge is 0.481 e. The Morgan fingerprint density at radius 1 is 1.30 bits per heavy atom. The summed E-state index contributed by atoms with van der Waals surface area (Å²) >= 11 is 0. The summed E-state index contributed by atoms with van der Waals surface area (Å²) in [6.45, 7) is 2.32. The van der Waals surface area contributed by atoms with Crippen LogP contribution in [0.2, 0.25) is 0 Å². The molecular formula is C15H17NO4. The first-order chi connectivity index (χ1) is 9.49. The van der Waals surface area contributed by atoms with Gasteiger partial charge in [0.1, 0.15) is 0 Å². The van der Waals surface area contributed by atoms with Gasteiger partial charge in [-0.05, 0) is 30.7 Å². The van der Waals surface area contributed by atoms with E-state index in [1.165, 1.54) is 0 Å². The summed E-state index contributed by atoms with van der Waals surface area (Å²) < 4.78 is 0. The molecule has 0 aliphatic carbocycles. The third-order valence-corrected chi connectivity index (χ3v) is 3.47. The molecule has 1 amide bonds. The third kappa shape index (κ3) is 3.04. The first-order valence-corrected chi connectivity index (χ1v) is 6.65. The summed E-state index contributed by atoms with van der Waals surface area (Å²) in [5.41, 5.74) is 1.27. The molecule has 1 aromatic rings. The monoisotopic (exact) mass is 275 g/mol. The highest BCUT2D eigenvalue weighted by molar-refractivity contribution is 6.00. The highest BCUT2D eigenvalue weighted by atomic mass is 16.4. The molecule has 1 aromatic carbocycles. The predicted octanol–water partition coefficient (Wildman–Crippen LogP) is 2.11. The van der Waals surface area contributed by atoms with E-state index in [4.69, 9.17) is 5.11 Å². The van der Waals surface area contributed by atoms with Crippen molar-refractivity contribution in [2.45, 2.75) is 26.2 Å². The van der Waals surface area contributed by atoms with Crippen molar-refractivity contribution in [1.29, 1.82) is 0 Å². The van der Waals surface area contributed by atoms with Crippen LogP contribution in [0.4, 0.5) is 5.69 Å². The molecule has 1 saturated heterocycles. The number of carbonyl (C=O) groups is 3. The molecule has 1 aliphatic rings. The van der Waals surface area contributed by atoms with Crippen LogP contribution < -0.4 is 4.90 Å². The van der Waals surface area contributed by atoms with Crippen molar-refractivity contribution in [3.63, 3.8) is 0 Å². The lowest BCUT2D eigenvalue weighted by Gasteiger charge is -2.16. The van der Waals surface area contributed by atoms with E-state index in [0.717, 1.165) is 12.1 Å². The standard InChI is InChI=1S/C15H17NO4/c1-10(9-14(18)19)15(20)11-4-6-12(7-5-11)16-8-2-3-13(16)17/h4-7,10H,2-3,8-9H2,1H3,(H,18,19). The SMILES string of the molecule is CC(CC(=O)O)C(=O)c1ccc(N2CCCC2=O)cc1. The van der Waals surface area contributed by atoms with Crippen LogP contribution >= 0.6 is 0 Å². The zero-order valence-electron chi connectivity index (χ0n) is 11.3. The molecule has 106 valence electrons. The second kappa shape index (κ2) is 5.86. The lowest BCUT2D eigenvalue weighted by molar-refractivity contribution is -0.137. The van der Waals surface area contributed by atoms with Crippen molar-refractivity contribution in [2.24, 2.45) is 5.92 Å². The molecule has 1 N–H and O–H groups in total. The van der Waals surface area contributed by atoms with E-state index in [2.05, 4.69) is 0 Å². The summed E-state index contributed by atoms with van der Waals surface area (Å²) in [7, 11) is 0. The summed E-state index contributed by atoms with van der Waals surface area (Å²) in [5, 5.41) is 8.70. The zero-order chi connectivity index (χ0) is 14.7. The number of rotatable bonds is 5. The minimum absolute atomic E-state index is 0.100. The number of ketones is 1. The minimum atomic E-state index is -0.981. The van der Waals surface area contributed by atoms with Crippen LogP contribution in [0.3, 0.4) is 0 Å². The second-order valence-corrected chi connectivity index (χ2v) is 5.06. The molecule has 20 heavy (non-hydrogen) atoms. The Kier molecular flexibility index (Phi) is 4.17. The molecule has 1 heterocycles. The van der Waals surface area contributed by atoms with E-state index in [1.807, 2.05) is 0 Å². The smallest absolute Gasteiger partial charge is 0.304 e. The number of carbonyl (C=O) groups excluding carboxylic acids is 2. The Morgan fingerprint density at radius 2 is 1.95 bits per heavy atom. The molecule has 1 aliphatic heterocycles. The third-order valence-electron chi connectivity index (χ3n) is 3.47. The average molecular weight is 275 g/mol. The van der Waals surface area contributed by atoms with Gasteiger partial charge in [-0.2, -0.15) is 0 Å². The number of hydrogen-bond donors (Lipinski definition) is 1. The Morgan fingerprint density at radius 3 is 2.45 bits per heavy atom. The number of carboxylic acids is 1. The second-order valence-electron chi connectivity index (χ2n) is 5.06.